The summed E-state index contributed by atoms with van der Waals surface area (Å²) in [7, 11) is 1.60. The molecule has 0 fully saturated rings. The molecule has 0 aliphatic carbocycles. The first-order valence-electron chi connectivity index (χ1n) is 7.65. The number of hydrogen-bond donors (Lipinski definition) is 2. The van der Waals surface area contributed by atoms with Crippen LogP contribution in [-0.2, 0) is 7.05 Å². The predicted octanol–water partition coefficient (Wildman–Crippen LogP) is 1.97. The molecule has 25 heavy (non-hydrogen) atoms. The van der Waals surface area contributed by atoms with Gasteiger partial charge < -0.3 is 10.6 Å². The zero-order valence-electron chi connectivity index (χ0n) is 14.1. The molecule has 2 N–H and O–H groups in total. The Morgan fingerprint density at radius 3 is 2.44 bits per heavy atom. The smallest absolute Gasteiger partial charge is 0.271 e. The highest BCUT2D eigenvalue weighted by Crippen LogP contribution is 2.17. The number of non-ortho nitro benzene ring substituents is 1. The Morgan fingerprint density at radius 1 is 1.24 bits per heavy atom. The molecule has 9 heteroatoms. The number of carbonyl (C=O) groups excluding carboxylic acids is 2. The van der Waals surface area contributed by atoms with Gasteiger partial charge in [-0.2, -0.15) is 5.10 Å². The van der Waals surface area contributed by atoms with E-state index in [1.165, 1.54) is 35.1 Å². The largest absolute Gasteiger partial charge is 0.350 e. The number of aromatic nitrogens is 2. The number of anilines is 1. The number of carbonyl (C=O) groups is 2. The van der Waals surface area contributed by atoms with E-state index in [1.807, 2.05) is 13.8 Å². The third kappa shape index (κ3) is 4.40. The van der Waals surface area contributed by atoms with Crippen molar-refractivity contribution in [1.82, 2.24) is 15.1 Å². The highest BCUT2D eigenvalue weighted by atomic mass is 16.6. The van der Waals surface area contributed by atoms with Gasteiger partial charge >= 0.3 is 0 Å². The first-order valence-corrected chi connectivity index (χ1v) is 7.65. The van der Waals surface area contributed by atoms with Gasteiger partial charge in [0.25, 0.3) is 17.5 Å². The Morgan fingerprint density at radius 2 is 1.88 bits per heavy atom. The van der Waals surface area contributed by atoms with Crippen LogP contribution >= 0.6 is 0 Å². The lowest BCUT2D eigenvalue weighted by molar-refractivity contribution is -0.384. The average molecular weight is 345 g/mol. The molecule has 1 aromatic carbocycles. The number of nitro groups is 1. The molecule has 0 unspecified atom stereocenters. The van der Waals surface area contributed by atoms with Crippen LogP contribution in [0.4, 0.5) is 11.4 Å². The topological polar surface area (TPSA) is 119 Å². The molecule has 0 spiro atoms. The second-order valence-electron chi connectivity index (χ2n) is 5.89. The van der Waals surface area contributed by atoms with Crippen LogP contribution in [0.1, 0.15) is 34.7 Å². The summed E-state index contributed by atoms with van der Waals surface area (Å²) in [5.74, 6) is -0.538. The Bertz CT molecular complexity index is 795. The van der Waals surface area contributed by atoms with Crippen molar-refractivity contribution in [3.05, 3.63) is 51.8 Å². The van der Waals surface area contributed by atoms with Crippen LogP contribution in [0.25, 0.3) is 0 Å². The summed E-state index contributed by atoms with van der Waals surface area (Å²) in [6.07, 6.45) is 1.38. The molecule has 0 bridgehead atoms. The van der Waals surface area contributed by atoms with Crippen molar-refractivity contribution >= 4 is 23.2 Å². The van der Waals surface area contributed by atoms with E-state index < -0.39 is 10.8 Å². The number of nitrogens with one attached hydrogen (secondary N) is 2. The van der Waals surface area contributed by atoms with E-state index in [-0.39, 0.29) is 34.5 Å². The van der Waals surface area contributed by atoms with Crippen molar-refractivity contribution in [3.8, 4) is 0 Å². The molecule has 0 saturated carbocycles. The van der Waals surface area contributed by atoms with Crippen LogP contribution in [0, 0.1) is 16.0 Å². The van der Waals surface area contributed by atoms with Crippen molar-refractivity contribution in [3.63, 3.8) is 0 Å². The molecule has 0 saturated heterocycles. The zero-order valence-corrected chi connectivity index (χ0v) is 14.1. The van der Waals surface area contributed by atoms with Gasteiger partial charge in [-0.1, -0.05) is 13.8 Å². The minimum absolute atomic E-state index is 0.105. The summed E-state index contributed by atoms with van der Waals surface area (Å²) in [6.45, 7) is 4.45. The van der Waals surface area contributed by atoms with Crippen LogP contribution < -0.4 is 10.6 Å². The predicted molar refractivity (Wildman–Crippen MR) is 91.4 cm³/mol. The van der Waals surface area contributed by atoms with Gasteiger partial charge in [0, 0.05) is 31.3 Å². The summed E-state index contributed by atoms with van der Waals surface area (Å²) in [4.78, 5) is 34.7. The minimum Gasteiger partial charge on any atom is -0.350 e. The van der Waals surface area contributed by atoms with Crippen LogP contribution in [-0.4, -0.2) is 33.1 Å². The molecule has 9 nitrogen and oxygen atoms in total. The number of rotatable bonds is 6. The quantitative estimate of drug-likeness (QED) is 0.613. The molecule has 0 aliphatic rings. The number of amides is 2. The fourth-order valence-electron chi connectivity index (χ4n) is 2.11. The molecule has 2 amide bonds. The fraction of sp³-hybridized carbons (Fsp3) is 0.312. The van der Waals surface area contributed by atoms with E-state index in [4.69, 9.17) is 0 Å². The first-order chi connectivity index (χ1) is 11.8. The molecule has 1 aromatic heterocycles. The van der Waals surface area contributed by atoms with Gasteiger partial charge in [0.1, 0.15) is 5.69 Å². The lowest BCUT2D eigenvalue weighted by Gasteiger charge is -2.10. The second kappa shape index (κ2) is 7.56. The van der Waals surface area contributed by atoms with Crippen molar-refractivity contribution < 1.29 is 14.5 Å². The lowest BCUT2D eigenvalue weighted by atomic mass is 10.2. The number of aryl methyl sites for hydroxylation is 1. The van der Waals surface area contributed by atoms with E-state index in [0.29, 0.717) is 6.54 Å². The first kappa shape index (κ1) is 18.1. The van der Waals surface area contributed by atoms with Gasteiger partial charge in [0.05, 0.1) is 16.8 Å². The molecule has 0 atom stereocenters. The van der Waals surface area contributed by atoms with Crippen LogP contribution in [0.5, 0.6) is 0 Å². The van der Waals surface area contributed by atoms with Gasteiger partial charge in [-0.15, -0.1) is 0 Å². The maximum atomic E-state index is 12.3. The van der Waals surface area contributed by atoms with Gasteiger partial charge in [0.2, 0.25) is 0 Å². The SMILES string of the molecule is CC(C)CNC(=O)c1c(NC(=O)c2ccc([N+](=O)[O-])cc2)cnn1C. The molecule has 1 heterocycles. The van der Waals surface area contributed by atoms with E-state index in [0.717, 1.165) is 0 Å². The summed E-state index contributed by atoms with van der Waals surface area (Å²) >= 11 is 0. The maximum Gasteiger partial charge on any atom is 0.271 e. The number of hydrogen-bond acceptors (Lipinski definition) is 5. The van der Waals surface area contributed by atoms with Crippen LogP contribution in [0.15, 0.2) is 30.5 Å². The summed E-state index contributed by atoms with van der Waals surface area (Å²) < 4.78 is 1.38. The molecule has 0 radical (unpaired) electrons. The Labute approximate surface area is 144 Å². The number of nitro benzene ring substituents is 1. The molecule has 2 aromatic rings. The van der Waals surface area contributed by atoms with Crippen molar-refractivity contribution in [1.29, 1.82) is 0 Å². The molecule has 132 valence electrons. The van der Waals surface area contributed by atoms with Crippen molar-refractivity contribution in [2.45, 2.75) is 13.8 Å². The van der Waals surface area contributed by atoms with Crippen LogP contribution in [0.2, 0.25) is 0 Å². The lowest BCUT2D eigenvalue weighted by Crippen LogP contribution is -2.30. The summed E-state index contributed by atoms with van der Waals surface area (Å²) in [5, 5.41) is 20.0. The van der Waals surface area contributed by atoms with E-state index in [2.05, 4.69) is 15.7 Å². The fourth-order valence-corrected chi connectivity index (χ4v) is 2.11. The Kier molecular flexibility index (Phi) is 5.48. The molecule has 2 rings (SSSR count). The summed E-state index contributed by atoms with van der Waals surface area (Å²) in [5.41, 5.74) is 0.637. The van der Waals surface area contributed by atoms with Gasteiger partial charge in [-0.3, -0.25) is 24.4 Å². The third-order valence-electron chi connectivity index (χ3n) is 3.41. The molecular weight excluding hydrogens is 326 g/mol. The van der Waals surface area contributed by atoms with E-state index in [9.17, 15) is 19.7 Å². The zero-order chi connectivity index (χ0) is 18.6. The number of nitrogens with zero attached hydrogens (tertiary/aromatic N) is 3. The highest BCUT2D eigenvalue weighted by molar-refractivity contribution is 6.08. The second-order valence-corrected chi connectivity index (χ2v) is 5.89. The average Bonchev–Trinajstić information content (AvgIpc) is 2.93. The van der Waals surface area contributed by atoms with E-state index >= 15 is 0 Å². The monoisotopic (exact) mass is 345 g/mol. The molecular formula is C16H19N5O4. The van der Waals surface area contributed by atoms with Gasteiger partial charge in [0.15, 0.2) is 0 Å². The maximum absolute atomic E-state index is 12.3. The van der Waals surface area contributed by atoms with Gasteiger partial charge in [-0.05, 0) is 18.1 Å². The third-order valence-corrected chi connectivity index (χ3v) is 3.41. The highest BCUT2D eigenvalue weighted by Gasteiger charge is 2.19. The standard InChI is InChI=1S/C16H19N5O4/c1-10(2)8-17-16(23)14-13(9-18-20(14)3)19-15(22)11-4-6-12(7-5-11)21(24)25/h4-7,9-10H,8H2,1-3H3,(H,17,23)(H,19,22). The summed E-state index contributed by atoms with van der Waals surface area (Å²) in [6, 6.07) is 5.19. The minimum atomic E-state index is -0.542. The van der Waals surface area contributed by atoms with Crippen molar-refractivity contribution in [2.75, 3.05) is 11.9 Å². The number of benzene rings is 1. The normalized spacial score (nSPS) is 10.6. The molecule has 0 aliphatic heterocycles. The van der Waals surface area contributed by atoms with E-state index in [1.54, 1.807) is 7.05 Å². The Balaban J connectivity index is 2.16. The van der Waals surface area contributed by atoms with Gasteiger partial charge in [-0.25, -0.2) is 0 Å². The van der Waals surface area contributed by atoms with Crippen LogP contribution in [0.3, 0.4) is 0 Å². The van der Waals surface area contributed by atoms with Crippen molar-refractivity contribution in [2.24, 2.45) is 13.0 Å². The Hall–Kier alpha value is -3.23.